The van der Waals surface area contributed by atoms with Gasteiger partial charge in [-0.25, -0.2) is 9.48 Å². The van der Waals surface area contributed by atoms with Crippen LogP contribution >= 0.6 is 23.2 Å². The zero-order valence-electron chi connectivity index (χ0n) is 20.4. The Labute approximate surface area is 233 Å². The number of aliphatic carboxylic acids is 1. The van der Waals surface area contributed by atoms with Crippen LogP contribution in [0, 0.1) is 0 Å². The molecule has 0 saturated heterocycles. The van der Waals surface area contributed by atoms with Crippen LogP contribution in [0.15, 0.2) is 77.9 Å². The van der Waals surface area contributed by atoms with Crippen molar-refractivity contribution in [1.29, 1.82) is 0 Å². The van der Waals surface area contributed by atoms with Gasteiger partial charge in [-0.2, -0.15) is 0 Å². The SMILES string of the molecule is O=C(N[C@@H](Cc1ccc(-n2cc(-c3ccc(NC4=NCCN4)cc3)nn2)cc1)C(=O)O)c1c(Cl)cccc1Cl. The highest BCUT2D eigenvalue weighted by atomic mass is 35.5. The lowest BCUT2D eigenvalue weighted by Gasteiger charge is -2.16. The number of carboxylic acid groups (broad SMARTS) is 1. The number of carboxylic acids is 1. The fourth-order valence-corrected chi connectivity index (χ4v) is 4.60. The molecule has 3 aromatic carbocycles. The average molecular weight is 564 g/mol. The van der Waals surface area contributed by atoms with Crippen molar-refractivity contribution >= 4 is 46.7 Å². The summed E-state index contributed by atoms with van der Waals surface area (Å²) < 4.78 is 1.64. The number of halogens is 2. The number of anilines is 1. The Morgan fingerprint density at radius 2 is 1.74 bits per heavy atom. The molecule has 39 heavy (non-hydrogen) atoms. The molecule has 1 amide bonds. The zero-order chi connectivity index (χ0) is 27.4. The molecular formula is C27H23Cl2N7O3. The molecule has 5 rings (SSSR count). The number of amides is 1. The second-order valence-corrected chi connectivity index (χ2v) is 9.55. The second kappa shape index (κ2) is 11.5. The van der Waals surface area contributed by atoms with E-state index in [1.807, 2.05) is 42.6 Å². The normalized spacial score (nSPS) is 13.3. The molecule has 1 atom stereocenters. The Kier molecular flexibility index (Phi) is 7.76. The molecule has 4 aromatic rings. The van der Waals surface area contributed by atoms with Crippen molar-refractivity contribution in [3.63, 3.8) is 0 Å². The van der Waals surface area contributed by atoms with Crippen molar-refractivity contribution in [3.05, 3.63) is 94.1 Å². The number of carbonyl (C=O) groups is 2. The first kappa shape index (κ1) is 26.2. The topological polar surface area (TPSA) is 134 Å². The minimum atomic E-state index is -1.18. The summed E-state index contributed by atoms with van der Waals surface area (Å²) in [5.74, 6) is -1.07. The summed E-state index contributed by atoms with van der Waals surface area (Å²) >= 11 is 12.2. The molecule has 198 valence electrons. The highest BCUT2D eigenvalue weighted by Gasteiger charge is 2.24. The summed E-state index contributed by atoms with van der Waals surface area (Å²) in [7, 11) is 0. The van der Waals surface area contributed by atoms with Gasteiger partial charge in [0.2, 0.25) is 0 Å². The number of hydrogen-bond acceptors (Lipinski definition) is 7. The number of carbonyl (C=O) groups excluding carboxylic acids is 1. The van der Waals surface area contributed by atoms with Crippen LogP contribution in [0.1, 0.15) is 15.9 Å². The molecule has 0 spiro atoms. The number of nitrogens with one attached hydrogen (secondary N) is 3. The lowest BCUT2D eigenvalue weighted by atomic mass is 10.0. The third kappa shape index (κ3) is 6.19. The molecule has 0 saturated carbocycles. The van der Waals surface area contributed by atoms with E-state index in [1.165, 1.54) is 12.1 Å². The Bertz CT molecular complexity index is 1520. The zero-order valence-corrected chi connectivity index (χ0v) is 21.9. The van der Waals surface area contributed by atoms with Gasteiger partial charge in [-0.05, 0) is 42.0 Å². The molecule has 10 nitrogen and oxygen atoms in total. The van der Waals surface area contributed by atoms with Crippen molar-refractivity contribution < 1.29 is 14.7 Å². The summed E-state index contributed by atoms with van der Waals surface area (Å²) in [5, 5.41) is 27.4. The molecule has 0 fully saturated rings. The monoisotopic (exact) mass is 563 g/mol. The Morgan fingerprint density at radius 1 is 1.03 bits per heavy atom. The third-order valence-corrected chi connectivity index (χ3v) is 6.67. The van der Waals surface area contributed by atoms with E-state index in [2.05, 4.69) is 31.3 Å². The highest BCUT2D eigenvalue weighted by Crippen LogP contribution is 2.24. The van der Waals surface area contributed by atoms with Gasteiger partial charge in [0.1, 0.15) is 11.7 Å². The quantitative estimate of drug-likeness (QED) is 0.254. The average Bonchev–Trinajstić information content (AvgIpc) is 3.62. The van der Waals surface area contributed by atoms with E-state index in [4.69, 9.17) is 23.2 Å². The second-order valence-electron chi connectivity index (χ2n) is 8.74. The van der Waals surface area contributed by atoms with Crippen molar-refractivity contribution in [2.75, 3.05) is 18.4 Å². The molecule has 0 aliphatic carbocycles. The predicted octanol–water partition coefficient (Wildman–Crippen LogP) is 4.04. The number of benzene rings is 3. The van der Waals surface area contributed by atoms with Crippen LogP contribution in [0.4, 0.5) is 5.69 Å². The van der Waals surface area contributed by atoms with E-state index < -0.39 is 17.9 Å². The molecule has 0 unspecified atom stereocenters. The molecule has 1 aromatic heterocycles. The summed E-state index contributed by atoms with van der Waals surface area (Å²) in [6.07, 6.45) is 1.88. The summed E-state index contributed by atoms with van der Waals surface area (Å²) in [6.45, 7) is 1.60. The van der Waals surface area contributed by atoms with E-state index in [1.54, 1.807) is 22.9 Å². The standard InChI is InChI=1S/C27H23Cl2N7O3/c28-20-2-1-3-21(29)24(20)25(37)33-22(26(38)39)14-16-4-10-19(11-5-16)36-15-23(34-35-36)17-6-8-18(9-7-17)32-27-30-12-13-31-27/h1-11,15,22H,12-14H2,(H,33,37)(H,38,39)(H2,30,31,32)/t22-/m0/s1. The van der Waals surface area contributed by atoms with Gasteiger partial charge in [-0.3, -0.25) is 9.79 Å². The summed E-state index contributed by atoms with van der Waals surface area (Å²) in [6, 6.07) is 18.4. The van der Waals surface area contributed by atoms with Crippen molar-refractivity contribution in [3.8, 4) is 16.9 Å². The molecule has 2 heterocycles. The molecule has 0 bridgehead atoms. The maximum Gasteiger partial charge on any atom is 0.326 e. The number of aromatic nitrogens is 3. The lowest BCUT2D eigenvalue weighted by Crippen LogP contribution is -2.42. The summed E-state index contributed by atoms with van der Waals surface area (Å²) in [4.78, 5) is 28.9. The van der Waals surface area contributed by atoms with Crippen molar-refractivity contribution in [2.24, 2.45) is 4.99 Å². The van der Waals surface area contributed by atoms with Crippen LogP contribution in [0.5, 0.6) is 0 Å². The number of rotatable bonds is 8. The van der Waals surface area contributed by atoms with Crippen LogP contribution in [-0.4, -0.2) is 57.1 Å². The van der Waals surface area contributed by atoms with Crippen LogP contribution in [-0.2, 0) is 11.2 Å². The number of guanidine groups is 1. The Morgan fingerprint density at radius 3 is 2.38 bits per heavy atom. The lowest BCUT2D eigenvalue weighted by molar-refractivity contribution is -0.139. The van der Waals surface area contributed by atoms with E-state index in [0.717, 1.165) is 36.0 Å². The minimum Gasteiger partial charge on any atom is -0.480 e. The van der Waals surface area contributed by atoms with Gasteiger partial charge in [-0.15, -0.1) is 5.10 Å². The van der Waals surface area contributed by atoms with Gasteiger partial charge in [-0.1, -0.05) is 58.7 Å². The van der Waals surface area contributed by atoms with Gasteiger partial charge in [0.25, 0.3) is 5.91 Å². The van der Waals surface area contributed by atoms with Crippen molar-refractivity contribution in [2.45, 2.75) is 12.5 Å². The van der Waals surface area contributed by atoms with E-state index in [9.17, 15) is 14.7 Å². The minimum absolute atomic E-state index is 0.0375. The highest BCUT2D eigenvalue weighted by molar-refractivity contribution is 6.39. The van der Waals surface area contributed by atoms with Crippen molar-refractivity contribution in [1.82, 2.24) is 25.6 Å². The number of aliphatic imine (C=N–C) groups is 1. The van der Waals surface area contributed by atoms with Gasteiger partial charge >= 0.3 is 5.97 Å². The first-order valence-electron chi connectivity index (χ1n) is 12.0. The molecule has 12 heteroatoms. The van der Waals surface area contributed by atoms with Gasteiger partial charge in [0, 0.05) is 24.2 Å². The maximum atomic E-state index is 12.7. The van der Waals surface area contributed by atoms with E-state index in [-0.39, 0.29) is 22.0 Å². The fraction of sp³-hybridized carbons (Fsp3) is 0.148. The van der Waals surface area contributed by atoms with E-state index in [0.29, 0.717) is 11.3 Å². The van der Waals surface area contributed by atoms with Crippen LogP contribution in [0.25, 0.3) is 16.9 Å². The first-order chi connectivity index (χ1) is 18.9. The maximum absolute atomic E-state index is 12.7. The van der Waals surface area contributed by atoms with Gasteiger partial charge < -0.3 is 21.1 Å². The summed E-state index contributed by atoms with van der Waals surface area (Å²) in [5.41, 5.74) is 4.02. The molecule has 0 radical (unpaired) electrons. The van der Waals surface area contributed by atoms with Gasteiger partial charge in [0.05, 0.1) is 34.0 Å². The Hall–Kier alpha value is -4.41. The number of hydrogen-bond donors (Lipinski definition) is 4. The predicted molar refractivity (Wildman–Crippen MR) is 150 cm³/mol. The fourth-order valence-electron chi connectivity index (χ4n) is 4.03. The van der Waals surface area contributed by atoms with E-state index >= 15 is 0 Å². The van der Waals surface area contributed by atoms with Crippen LogP contribution in [0.2, 0.25) is 10.0 Å². The van der Waals surface area contributed by atoms with Crippen LogP contribution < -0.4 is 16.0 Å². The molecule has 1 aliphatic rings. The van der Waals surface area contributed by atoms with Gasteiger partial charge in [0.15, 0.2) is 5.96 Å². The first-order valence-corrected chi connectivity index (χ1v) is 12.8. The van der Waals surface area contributed by atoms with Crippen LogP contribution in [0.3, 0.4) is 0 Å². The smallest absolute Gasteiger partial charge is 0.326 e. The molecule has 4 N–H and O–H groups in total. The molecule has 1 aliphatic heterocycles. The Balaban J connectivity index is 1.24. The molecular weight excluding hydrogens is 541 g/mol. The number of nitrogens with zero attached hydrogens (tertiary/aromatic N) is 4. The largest absolute Gasteiger partial charge is 0.480 e. The third-order valence-electron chi connectivity index (χ3n) is 6.04.